The predicted molar refractivity (Wildman–Crippen MR) is 81.2 cm³/mol. The molecular formula is C16H13NO3S. The molecule has 0 bridgehead atoms. The van der Waals surface area contributed by atoms with Crippen molar-refractivity contribution in [2.45, 2.75) is 4.90 Å². The topological polar surface area (TPSA) is 46.6 Å². The zero-order valence-corrected chi connectivity index (χ0v) is 12.4. The molecule has 106 valence electrons. The Hall–Kier alpha value is -2.11. The van der Waals surface area contributed by atoms with E-state index in [2.05, 4.69) is 6.07 Å². The molecule has 0 fully saturated rings. The molecule has 5 heteroatoms. The summed E-state index contributed by atoms with van der Waals surface area (Å²) in [4.78, 5) is 30.1. The molecule has 0 saturated carbocycles. The van der Waals surface area contributed by atoms with Gasteiger partial charge in [-0.15, -0.1) is 16.8 Å². The van der Waals surface area contributed by atoms with Gasteiger partial charge in [0.2, 0.25) is 0 Å². The van der Waals surface area contributed by atoms with Crippen molar-refractivity contribution in [1.29, 1.82) is 0 Å². The van der Waals surface area contributed by atoms with Crippen LogP contribution in [0.1, 0.15) is 20.7 Å². The molecule has 0 atom stereocenters. The summed E-state index contributed by atoms with van der Waals surface area (Å²) in [6.07, 6.45) is 2.01. The molecule has 1 aliphatic rings. The zero-order chi connectivity index (χ0) is 15.0. The number of benzene rings is 2. The number of fused-ring (bicyclic) bond motifs is 1. The van der Waals surface area contributed by atoms with Crippen molar-refractivity contribution in [2.75, 3.05) is 13.4 Å². The Bertz CT molecular complexity index is 742. The Morgan fingerprint density at radius 2 is 1.67 bits per heavy atom. The highest BCUT2D eigenvalue weighted by Gasteiger charge is 2.36. The lowest BCUT2D eigenvalue weighted by atomic mass is 10.0. The summed E-state index contributed by atoms with van der Waals surface area (Å²) in [5, 5.41) is 0.784. The van der Waals surface area contributed by atoms with E-state index in [4.69, 9.17) is 4.84 Å². The van der Waals surface area contributed by atoms with Crippen molar-refractivity contribution in [3.8, 4) is 11.1 Å². The van der Waals surface area contributed by atoms with Gasteiger partial charge in [0.15, 0.2) is 0 Å². The molecule has 2 aromatic carbocycles. The van der Waals surface area contributed by atoms with Crippen molar-refractivity contribution in [3.63, 3.8) is 0 Å². The molecule has 0 radical (unpaired) electrons. The summed E-state index contributed by atoms with van der Waals surface area (Å²) in [6, 6.07) is 13.3. The predicted octanol–water partition coefficient (Wildman–Crippen LogP) is 3.23. The van der Waals surface area contributed by atoms with E-state index < -0.39 is 11.8 Å². The van der Waals surface area contributed by atoms with Gasteiger partial charge in [-0.3, -0.25) is 14.4 Å². The number of hydroxylamine groups is 2. The van der Waals surface area contributed by atoms with Gasteiger partial charge in [-0.25, -0.2) is 0 Å². The Balaban J connectivity index is 2.07. The monoisotopic (exact) mass is 299 g/mol. The minimum Gasteiger partial charge on any atom is -0.266 e. The molecule has 0 spiro atoms. The lowest BCUT2D eigenvalue weighted by molar-refractivity contribution is -0.0645. The van der Waals surface area contributed by atoms with Crippen LogP contribution in [-0.2, 0) is 4.84 Å². The second kappa shape index (κ2) is 5.35. The molecule has 1 aliphatic heterocycles. The second-order valence-electron chi connectivity index (χ2n) is 4.58. The fourth-order valence-corrected chi connectivity index (χ4v) is 2.83. The standard InChI is InChI=1S/C16H13NO3S/c1-20-17-15(18)13-7-6-11(9-14(13)16(17)19)10-4-3-5-12(8-10)21-2/h3-9H,1-2H3. The number of hydrogen-bond acceptors (Lipinski definition) is 4. The quantitative estimate of drug-likeness (QED) is 0.645. The van der Waals surface area contributed by atoms with Crippen LogP contribution in [0.2, 0.25) is 0 Å². The van der Waals surface area contributed by atoms with Crippen LogP contribution in [0, 0.1) is 0 Å². The number of nitrogens with zero attached hydrogens (tertiary/aromatic N) is 1. The molecule has 4 nitrogen and oxygen atoms in total. The van der Waals surface area contributed by atoms with Crippen molar-refractivity contribution < 1.29 is 14.4 Å². The fraction of sp³-hybridized carbons (Fsp3) is 0.125. The summed E-state index contributed by atoms with van der Waals surface area (Å²) in [5.74, 6) is -0.831. The van der Waals surface area contributed by atoms with Crippen LogP contribution >= 0.6 is 11.8 Å². The van der Waals surface area contributed by atoms with Crippen LogP contribution in [0.15, 0.2) is 47.4 Å². The van der Waals surface area contributed by atoms with E-state index in [0.717, 1.165) is 21.1 Å². The Labute approximate surface area is 126 Å². The van der Waals surface area contributed by atoms with Gasteiger partial charge in [-0.2, -0.15) is 0 Å². The molecular weight excluding hydrogens is 286 g/mol. The Morgan fingerprint density at radius 1 is 0.952 bits per heavy atom. The second-order valence-corrected chi connectivity index (χ2v) is 5.46. The van der Waals surface area contributed by atoms with Gasteiger partial charge in [0.1, 0.15) is 0 Å². The summed E-state index contributed by atoms with van der Waals surface area (Å²) >= 11 is 1.66. The van der Waals surface area contributed by atoms with Crippen molar-refractivity contribution in [1.82, 2.24) is 5.06 Å². The van der Waals surface area contributed by atoms with E-state index in [1.165, 1.54) is 7.11 Å². The number of amides is 2. The van der Waals surface area contributed by atoms with E-state index in [0.29, 0.717) is 11.1 Å². The highest BCUT2D eigenvalue weighted by atomic mass is 32.2. The van der Waals surface area contributed by atoms with E-state index in [9.17, 15) is 9.59 Å². The van der Waals surface area contributed by atoms with Crippen LogP contribution in [0.25, 0.3) is 11.1 Å². The third-order valence-corrected chi connectivity index (χ3v) is 4.16. The third kappa shape index (κ3) is 2.24. The lowest BCUT2D eigenvalue weighted by Gasteiger charge is -2.07. The van der Waals surface area contributed by atoms with Crippen LogP contribution in [0.4, 0.5) is 0 Å². The first-order valence-electron chi connectivity index (χ1n) is 6.37. The van der Waals surface area contributed by atoms with Crippen LogP contribution in [0.5, 0.6) is 0 Å². The summed E-state index contributed by atoms with van der Waals surface area (Å²) in [5.41, 5.74) is 2.69. The van der Waals surface area contributed by atoms with Crippen LogP contribution < -0.4 is 0 Å². The molecule has 1 heterocycles. The molecule has 0 saturated heterocycles. The average molecular weight is 299 g/mol. The number of hydrogen-bond donors (Lipinski definition) is 0. The van der Waals surface area contributed by atoms with E-state index >= 15 is 0 Å². The molecule has 3 rings (SSSR count). The molecule has 21 heavy (non-hydrogen) atoms. The molecule has 0 aliphatic carbocycles. The van der Waals surface area contributed by atoms with Gasteiger partial charge in [-0.05, 0) is 41.6 Å². The third-order valence-electron chi connectivity index (χ3n) is 3.43. The number of imide groups is 1. The van der Waals surface area contributed by atoms with E-state index in [-0.39, 0.29) is 0 Å². The molecule has 0 unspecified atom stereocenters. The number of rotatable bonds is 3. The maximum Gasteiger partial charge on any atom is 0.285 e. The van der Waals surface area contributed by atoms with Gasteiger partial charge in [0, 0.05) is 4.90 Å². The first kappa shape index (κ1) is 13.9. The van der Waals surface area contributed by atoms with Gasteiger partial charge < -0.3 is 0 Å². The maximum absolute atomic E-state index is 12.1. The summed E-state index contributed by atoms with van der Waals surface area (Å²) in [6.45, 7) is 0. The lowest BCUT2D eigenvalue weighted by Crippen LogP contribution is -2.28. The smallest absolute Gasteiger partial charge is 0.266 e. The Morgan fingerprint density at radius 3 is 2.38 bits per heavy atom. The van der Waals surface area contributed by atoms with Gasteiger partial charge in [-0.1, -0.05) is 18.2 Å². The first-order chi connectivity index (χ1) is 10.2. The highest BCUT2D eigenvalue weighted by Crippen LogP contribution is 2.30. The number of carbonyl (C=O) groups excluding carboxylic acids is 2. The SMILES string of the molecule is CON1C(=O)c2ccc(-c3cccc(SC)c3)cc2C1=O. The first-order valence-corrected chi connectivity index (χ1v) is 7.59. The largest absolute Gasteiger partial charge is 0.285 e. The summed E-state index contributed by atoms with van der Waals surface area (Å²) in [7, 11) is 1.31. The zero-order valence-electron chi connectivity index (χ0n) is 11.6. The van der Waals surface area contributed by atoms with Crippen molar-refractivity contribution in [2.24, 2.45) is 0 Å². The normalized spacial score (nSPS) is 13.7. The summed E-state index contributed by atoms with van der Waals surface area (Å²) < 4.78 is 0. The number of thioether (sulfide) groups is 1. The van der Waals surface area contributed by atoms with Gasteiger partial charge in [0.25, 0.3) is 11.8 Å². The van der Waals surface area contributed by atoms with Crippen LogP contribution in [-0.4, -0.2) is 30.2 Å². The van der Waals surface area contributed by atoms with Crippen LogP contribution in [0.3, 0.4) is 0 Å². The minimum absolute atomic E-state index is 0.381. The number of carbonyl (C=O) groups is 2. The average Bonchev–Trinajstić information content (AvgIpc) is 2.78. The van der Waals surface area contributed by atoms with Gasteiger partial charge >= 0.3 is 0 Å². The van der Waals surface area contributed by atoms with E-state index in [1.807, 2.05) is 30.5 Å². The molecule has 0 aromatic heterocycles. The maximum atomic E-state index is 12.1. The fourth-order valence-electron chi connectivity index (χ4n) is 2.37. The van der Waals surface area contributed by atoms with Crippen molar-refractivity contribution >= 4 is 23.6 Å². The molecule has 2 amide bonds. The molecule has 2 aromatic rings. The van der Waals surface area contributed by atoms with E-state index in [1.54, 1.807) is 23.9 Å². The minimum atomic E-state index is -0.416. The van der Waals surface area contributed by atoms with Gasteiger partial charge in [0.05, 0.1) is 18.2 Å². The van der Waals surface area contributed by atoms with Crippen molar-refractivity contribution in [3.05, 3.63) is 53.6 Å². The molecule has 0 N–H and O–H groups in total. The highest BCUT2D eigenvalue weighted by molar-refractivity contribution is 7.98. The Kier molecular flexibility index (Phi) is 3.53.